The van der Waals surface area contributed by atoms with E-state index in [0.29, 0.717) is 38.7 Å². The van der Waals surface area contributed by atoms with Gasteiger partial charge in [-0.2, -0.15) is 0 Å². The summed E-state index contributed by atoms with van der Waals surface area (Å²) in [6.07, 6.45) is 3.43. The standard InChI is InChI=1S/C27H24Br2N2O5S/c1-5-11-36-19-9-7-16(8-10-19)23-22(26(33)35-6-2)15(3)30-27-31(23)25(32)21(37-27)13-17-12-18(28)14-20(29)24(17)34-4/h5,7-10,12-14,23H,1,6,11H2,2-4H3/b21-13-/t23-/m1/s1. The number of rotatable bonds is 8. The predicted octanol–water partition coefficient (Wildman–Crippen LogP) is 4.90. The minimum atomic E-state index is -0.706. The average Bonchev–Trinajstić information content (AvgIpc) is 3.16. The number of fused-ring (bicyclic) bond motifs is 1. The van der Waals surface area contributed by atoms with Crippen LogP contribution in [0.5, 0.6) is 11.5 Å². The minimum Gasteiger partial charge on any atom is -0.495 e. The molecule has 2 aromatic carbocycles. The highest BCUT2D eigenvalue weighted by molar-refractivity contribution is 9.11. The third-order valence-electron chi connectivity index (χ3n) is 5.61. The van der Waals surface area contributed by atoms with E-state index in [4.69, 9.17) is 14.2 Å². The molecule has 10 heteroatoms. The molecule has 1 aliphatic rings. The minimum absolute atomic E-state index is 0.207. The fourth-order valence-corrected chi connectivity index (χ4v) is 6.51. The van der Waals surface area contributed by atoms with E-state index in [9.17, 15) is 9.59 Å². The molecule has 0 saturated carbocycles. The third-order valence-corrected chi connectivity index (χ3v) is 7.64. The van der Waals surface area contributed by atoms with Gasteiger partial charge in [0.1, 0.15) is 18.1 Å². The Balaban J connectivity index is 1.93. The maximum absolute atomic E-state index is 13.8. The van der Waals surface area contributed by atoms with Gasteiger partial charge >= 0.3 is 5.97 Å². The van der Waals surface area contributed by atoms with Gasteiger partial charge in [-0.3, -0.25) is 9.36 Å². The Bertz CT molecular complexity index is 1570. The lowest BCUT2D eigenvalue weighted by Crippen LogP contribution is -2.39. The number of methoxy groups -OCH3 is 1. The Morgan fingerprint density at radius 1 is 1.24 bits per heavy atom. The highest BCUT2D eigenvalue weighted by Gasteiger charge is 2.33. The average molecular weight is 648 g/mol. The van der Waals surface area contributed by atoms with Crippen LogP contribution in [-0.2, 0) is 9.53 Å². The van der Waals surface area contributed by atoms with Gasteiger partial charge in [0.05, 0.1) is 40.0 Å². The largest absolute Gasteiger partial charge is 0.495 e. The summed E-state index contributed by atoms with van der Waals surface area (Å²) in [6, 6.07) is 10.3. The third kappa shape index (κ3) is 5.51. The van der Waals surface area contributed by atoms with Gasteiger partial charge in [-0.25, -0.2) is 9.79 Å². The number of thiazole rings is 1. The normalized spacial score (nSPS) is 15.2. The predicted molar refractivity (Wildman–Crippen MR) is 151 cm³/mol. The molecule has 0 amide bonds. The van der Waals surface area contributed by atoms with E-state index in [0.717, 1.165) is 20.1 Å². The zero-order valence-corrected chi connectivity index (χ0v) is 24.4. The Hall–Kier alpha value is -2.95. The summed E-state index contributed by atoms with van der Waals surface area (Å²) >= 11 is 8.25. The smallest absolute Gasteiger partial charge is 0.338 e. The number of carbonyl (C=O) groups is 1. The summed E-state index contributed by atoms with van der Waals surface area (Å²) in [4.78, 5) is 32.0. The van der Waals surface area contributed by atoms with E-state index in [1.807, 2.05) is 24.3 Å². The molecule has 2 heterocycles. The van der Waals surface area contributed by atoms with Crippen LogP contribution in [0.1, 0.15) is 31.0 Å². The number of carbonyl (C=O) groups excluding carboxylic acids is 1. The number of aromatic nitrogens is 1. The summed E-state index contributed by atoms with van der Waals surface area (Å²) in [5.41, 5.74) is 2.01. The van der Waals surface area contributed by atoms with Gasteiger partial charge < -0.3 is 14.2 Å². The number of hydrogen-bond donors (Lipinski definition) is 0. The van der Waals surface area contributed by atoms with Gasteiger partial charge in [-0.05, 0) is 65.7 Å². The first-order valence-electron chi connectivity index (χ1n) is 11.3. The molecule has 1 aromatic heterocycles. The van der Waals surface area contributed by atoms with Crippen LogP contribution in [0.25, 0.3) is 6.08 Å². The van der Waals surface area contributed by atoms with Gasteiger partial charge in [0.15, 0.2) is 4.80 Å². The molecular weight excluding hydrogens is 624 g/mol. The second-order valence-corrected chi connectivity index (χ2v) is 10.8. The van der Waals surface area contributed by atoms with Crippen molar-refractivity contribution in [3.8, 4) is 11.5 Å². The molecule has 192 valence electrons. The van der Waals surface area contributed by atoms with Gasteiger partial charge in [0, 0.05) is 10.0 Å². The summed E-state index contributed by atoms with van der Waals surface area (Å²) in [6.45, 7) is 7.74. The highest BCUT2D eigenvalue weighted by atomic mass is 79.9. The Morgan fingerprint density at radius 2 is 1.97 bits per heavy atom. The van der Waals surface area contributed by atoms with Crippen LogP contribution >= 0.6 is 43.2 Å². The second-order valence-electron chi connectivity index (χ2n) is 7.98. The first kappa shape index (κ1) is 27.1. The molecule has 1 atom stereocenters. The molecule has 0 aliphatic carbocycles. The molecule has 0 radical (unpaired) electrons. The summed E-state index contributed by atoms with van der Waals surface area (Å²) in [5, 5.41) is 0. The fraction of sp³-hybridized carbons (Fsp3) is 0.222. The maximum Gasteiger partial charge on any atom is 0.338 e. The molecule has 7 nitrogen and oxygen atoms in total. The second kappa shape index (κ2) is 11.6. The monoisotopic (exact) mass is 646 g/mol. The molecule has 1 aliphatic heterocycles. The first-order chi connectivity index (χ1) is 17.8. The zero-order valence-electron chi connectivity index (χ0n) is 20.4. The van der Waals surface area contributed by atoms with E-state index in [2.05, 4.69) is 43.4 Å². The number of allylic oxidation sites excluding steroid dienone is 1. The van der Waals surface area contributed by atoms with E-state index < -0.39 is 12.0 Å². The SMILES string of the molecule is C=CCOc1ccc([C@@H]2C(C(=O)OCC)=C(C)N=c3s/c(=C\c4cc(Br)cc(Br)c4OC)c(=O)n32)cc1. The molecule has 4 rings (SSSR count). The quantitative estimate of drug-likeness (QED) is 0.257. The molecule has 0 saturated heterocycles. The van der Waals surface area contributed by atoms with Crippen molar-refractivity contribution in [3.05, 3.63) is 100 Å². The Morgan fingerprint density at radius 3 is 2.62 bits per heavy atom. The van der Waals surface area contributed by atoms with Crippen molar-refractivity contribution >= 4 is 55.2 Å². The molecule has 0 fully saturated rings. The maximum atomic E-state index is 13.8. The van der Waals surface area contributed by atoms with E-state index >= 15 is 0 Å². The van der Waals surface area contributed by atoms with Crippen molar-refractivity contribution in [3.63, 3.8) is 0 Å². The van der Waals surface area contributed by atoms with E-state index in [1.165, 1.54) is 11.3 Å². The lowest BCUT2D eigenvalue weighted by atomic mass is 9.96. The number of ether oxygens (including phenoxy) is 3. The number of halogens is 2. The molecule has 37 heavy (non-hydrogen) atoms. The van der Waals surface area contributed by atoms with Crippen LogP contribution in [-0.4, -0.2) is 30.9 Å². The van der Waals surface area contributed by atoms with Crippen molar-refractivity contribution < 1.29 is 19.0 Å². The van der Waals surface area contributed by atoms with Gasteiger partial charge in [0.2, 0.25) is 0 Å². The van der Waals surface area contributed by atoms with Crippen molar-refractivity contribution in [2.75, 3.05) is 20.3 Å². The van der Waals surface area contributed by atoms with Crippen molar-refractivity contribution in [2.45, 2.75) is 19.9 Å². The van der Waals surface area contributed by atoms with Crippen molar-refractivity contribution in [1.82, 2.24) is 4.57 Å². The molecule has 0 N–H and O–H groups in total. The zero-order chi connectivity index (χ0) is 26.7. The number of nitrogens with zero attached hydrogens (tertiary/aromatic N) is 2. The Kier molecular flexibility index (Phi) is 8.51. The number of hydrogen-bond acceptors (Lipinski definition) is 7. The fourth-order valence-electron chi connectivity index (χ4n) is 4.05. The first-order valence-corrected chi connectivity index (χ1v) is 13.8. The van der Waals surface area contributed by atoms with Crippen LogP contribution in [0.4, 0.5) is 0 Å². The Labute approximate surface area is 234 Å². The van der Waals surface area contributed by atoms with Crippen LogP contribution in [0.3, 0.4) is 0 Å². The van der Waals surface area contributed by atoms with Crippen molar-refractivity contribution in [1.29, 1.82) is 0 Å². The van der Waals surface area contributed by atoms with Crippen LogP contribution in [0.2, 0.25) is 0 Å². The summed E-state index contributed by atoms with van der Waals surface area (Å²) in [7, 11) is 1.57. The highest BCUT2D eigenvalue weighted by Crippen LogP contribution is 2.34. The summed E-state index contributed by atoms with van der Waals surface area (Å²) in [5.74, 6) is 0.749. The molecule has 0 bridgehead atoms. The summed E-state index contributed by atoms with van der Waals surface area (Å²) < 4.78 is 20.1. The lowest BCUT2D eigenvalue weighted by molar-refractivity contribution is -0.139. The molecule has 3 aromatic rings. The number of benzene rings is 2. The van der Waals surface area contributed by atoms with Gasteiger partial charge in [0.25, 0.3) is 5.56 Å². The van der Waals surface area contributed by atoms with Crippen LogP contribution < -0.4 is 24.4 Å². The van der Waals surface area contributed by atoms with Gasteiger partial charge in [-0.1, -0.05) is 52.1 Å². The molecule has 0 unspecified atom stereocenters. The van der Waals surface area contributed by atoms with Crippen LogP contribution in [0.15, 0.2) is 79.1 Å². The molecular formula is C27H24Br2N2O5S. The van der Waals surface area contributed by atoms with Crippen molar-refractivity contribution in [2.24, 2.45) is 4.99 Å². The number of esters is 1. The van der Waals surface area contributed by atoms with E-state index in [1.54, 1.807) is 49.8 Å². The van der Waals surface area contributed by atoms with Crippen LogP contribution in [0, 0.1) is 0 Å². The van der Waals surface area contributed by atoms with E-state index in [-0.39, 0.29) is 12.2 Å². The van der Waals surface area contributed by atoms with Gasteiger partial charge in [-0.15, -0.1) is 0 Å². The lowest BCUT2D eigenvalue weighted by Gasteiger charge is -2.24. The topological polar surface area (TPSA) is 79.1 Å². The molecule has 0 spiro atoms.